The number of tetrazole rings is 1. The van der Waals surface area contributed by atoms with E-state index in [1.807, 2.05) is 4.90 Å². The van der Waals surface area contributed by atoms with E-state index in [1.165, 1.54) is 5.69 Å². The minimum absolute atomic E-state index is 0.258. The molecule has 3 heterocycles. The number of carbonyl (C=O) groups is 1. The number of aromatic nitrogens is 4. The number of likely N-dealkylation sites (tertiary alicyclic amines) is 1. The zero-order chi connectivity index (χ0) is 18.5. The number of amides is 1. The molecule has 8 nitrogen and oxygen atoms in total. The number of anilines is 1. The Labute approximate surface area is 159 Å². The van der Waals surface area contributed by atoms with E-state index < -0.39 is 0 Å². The van der Waals surface area contributed by atoms with Crippen LogP contribution in [0.1, 0.15) is 37.1 Å². The van der Waals surface area contributed by atoms with Gasteiger partial charge in [-0.2, -0.15) is 5.21 Å². The van der Waals surface area contributed by atoms with Gasteiger partial charge in [-0.05, 0) is 43.4 Å². The van der Waals surface area contributed by atoms with Crippen LogP contribution in [0.5, 0.6) is 0 Å². The zero-order valence-corrected chi connectivity index (χ0v) is 15.6. The van der Waals surface area contributed by atoms with Crippen LogP contribution >= 0.6 is 0 Å². The Morgan fingerprint density at radius 2 is 1.85 bits per heavy atom. The summed E-state index contributed by atoms with van der Waals surface area (Å²) < 4.78 is 0. The van der Waals surface area contributed by atoms with Crippen LogP contribution in [-0.4, -0.2) is 63.7 Å². The molecule has 0 atom stereocenters. The second-order valence-electron chi connectivity index (χ2n) is 7.40. The van der Waals surface area contributed by atoms with Gasteiger partial charge in [0.05, 0.1) is 13.0 Å². The van der Waals surface area contributed by atoms with E-state index in [1.54, 1.807) is 0 Å². The fraction of sp³-hybridized carbons (Fsp3) is 0.579. The second-order valence-corrected chi connectivity index (χ2v) is 7.40. The summed E-state index contributed by atoms with van der Waals surface area (Å²) in [4.78, 5) is 16.7. The quantitative estimate of drug-likeness (QED) is 0.793. The van der Waals surface area contributed by atoms with Gasteiger partial charge in [0.2, 0.25) is 5.91 Å². The zero-order valence-electron chi connectivity index (χ0n) is 15.6. The molecule has 0 radical (unpaired) electrons. The first-order valence-electron chi connectivity index (χ1n) is 9.85. The van der Waals surface area contributed by atoms with Gasteiger partial charge in [0.15, 0.2) is 5.82 Å². The van der Waals surface area contributed by atoms with E-state index in [9.17, 15) is 4.79 Å². The lowest BCUT2D eigenvalue weighted by atomic mass is 10.0. The summed E-state index contributed by atoms with van der Waals surface area (Å²) in [5.74, 6) is 0.963. The Hall–Kier alpha value is -2.48. The average Bonchev–Trinajstić information content (AvgIpc) is 3.41. The van der Waals surface area contributed by atoms with Gasteiger partial charge in [-0.25, -0.2) is 0 Å². The first-order valence-corrected chi connectivity index (χ1v) is 9.85. The summed E-state index contributed by atoms with van der Waals surface area (Å²) in [6, 6.07) is 8.99. The lowest BCUT2D eigenvalue weighted by Crippen LogP contribution is -2.42. The minimum atomic E-state index is 0.258. The van der Waals surface area contributed by atoms with Crippen molar-refractivity contribution in [3.05, 3.63) is 35.7 Å². The van der Waals surface area contributed by atoms with Gasteiger partial charge in [-0.3, -0.25) is 4.79 Å². The summed E-state index contributed by atoms with van der Waals surface area (Å²) in [6.45, 7) is 4.55. The maximum absolute atomic E-state index is 12.3. The number of rotatable bonds is 6. The highest BCUT2D eigenvalue weighted by atomic mass is 16.2. The number of aromatic amines is 1. The van der Waals surface area contributed by atoms with Crippen molar-refractivity contribution in [2.75, 3.05) is 31.1 Å². The first-order chi connectivity index (χ1) is 13.3. The van der Waals surface area contributed by atoms with E-state index in [-0.39, 0.29) is 5.91 Å². The van der Waals surface area contributed by atoms with Crippen LogP contribution in [0, 0.1) is 0 Å². The van der Waals surface area contributed by atoms with Gasteiger partial charge in [0.1, 0.15) is 0 Å². The van der Waals surface area contributed by atoms with Gasteiger partial charge in [-0.1, -0.05) is 17.3 Å². The Morgan fingerprint density at radius 3 is 2.52 bits per heavy atom. The summed E-state index contributed by atoms with van der Waals surface area (Å²) in [6.07, 6.45) is 4.98. The van der Waals surface area contributed by atoms with Crippen molar-refractivity contribution in [3.8, 4) is 0 Å². The molecule has 0 aliphatic carbocycles. The van der Waals surface area contributed by atoms with Crippen molar-refractivity contribution in [1.29, 1.82) is 0 Å². The van der Waals surface area contributed by atoms with Crippen LogP contribution in [0.15, 0.2) is 24.3 Å². The molecule has 1 aromatic carbocycles. The molecule has 0 saturated carbocycles. The van der Waals surface area contributed by atoms with E-state index in [2.05, 4.69) is 55.1 Å². The average molecular weight is 369 g/mol. The molecule has 4 rings (SSSR count). The van der Waals surface area contributed by atoms with Gasteiger partial charge in [-0.15, -0.1) is 10.2 Å². The van der Waals surface area contributed by atoms with E-state index in [0.29, 0.717) is 24.8 Å². The molecule has 2 aliphatic heterocycles. The summed E-state index contributed by atoms with van der Waals surface area (Å²) in [7, 11) is 0. The van der Waals surface area contributed by atoms with E-state index >= 15 is 0 Å². The van der Waals surface area contributed by atoms with Crippen molar-refractivity contribution < 1.29 is 4.79 Å². The van der Waals surface area contributed by atoms with Crippen molar-refractivity contribution in [2.45, 2.75) is 44.7 Å². The SMILES string of the molecule is O=C(Cc1ccc(N2CCC(NCc3nn[nH]n3)CC2)cc1)N1CCCC1. The van der Waals surface area contributed by atoms with Crippen molar-refractivity contribution in [2.24, 2.45) is 0 Å². The van der Waals surface area contributed by atoms with Gasteiger partial charge in [0, 0.05) is 37.9 Å². The summed E-state index contributed by atoms with van der Waals surface area (Å²) in [5.41, 5.74) is 2.34. The van der Waals surface area contributed by atoms with Crippen molar-refractivity contribution >= 4 is 11.6 Å². The minimum Gasteiger partial charge on any atom is -0.371 e. The second kappa shape index (κ2) is 8.47. The maximum Gasteiger partial charge on any atom is 0.226 e. The van der Waals surface area contributed by atoms with Crippen LogP contribution in [-0.2, 0) is 17.8 Å². The predicted octanol–water partition coefficient (Wildman–Crippen LogP) is 1.12. The molecule has 0 bridgehead atoms. The molecule has 8 heteroatoms. The number of piperidine rings is 1. The lowest BCUT2D eigenvalue weighted by Gasteiger charge is -2.34. The Kier molecular flexibility index (Phi) is 5.62. The topological polar surface area (TPSA) is 90.0 Å². The Bertz CT molecular complexity index is 717. The fourth-order valence-corrected chi connectivity index (χ4v) is 3.91. The number of H-pyrrole nitrogens is 1. The molecule has 27 heavy (non-hydrogen) atoms. The highest BCUT2D eigenvalue weighted by molar-refractivity contribution is 5.79. The summed E-state index contributed by atoms with van der Waals surface area (Å²) in [5, 5.41) is 17.5. The monoisotopic (exact) mass is 369 g/mol. The highest BCUT2D eigenvalue weighted by Gasteiger charge is 2.20. The third-order valence-electron chi connectivity index (χ3n) is 5.55. The third-order valence-corrected chi connectivity index (χ3v) is 5.55. The molecule has 0 unspecified atom stereocenters. The molecule has 2 aromatic rings. The normalized spacial score (nSPS) is 18.2. The Balaban J connectivity index is 1.24. The lowest BCUT2D eigenvalue weighted by molar-refractivity contribution is -0.129. The van der Waals surface area contributed by atoms with Crippen LogP contribution in [0.3, 0.4) is 0 Å². The number of hydrogen-bond donors (Lipinski definition) is 2. The van der Waals surface area contributed by atoms with E-state index in [4.69, 9.17) is 0 Å². The smallest absolute Gasteiger partial charge is 0.226 e. The first kappa shape index (κ1) is 17.9. The van der Waals surface area contributed by atoms with Crippen molar-refractivity contribution in [1.82, 2.24) is 30.8 Å². The standard InChI is InChI=1S/C19H27N7O/c27-19(26-9-1-2-10-26)13-15-3-5-17(6-4-15)25-11-7-16(8-12-25)20-14-18-21-23-24-22-18/h3-6,16,20H,1-2,7-14H2,(H,21,22,23,24). The van der Waals surface area contributed by atoms with Gasteiger partial charge in [0.25, 0.3) is 0 Å². The van der Waals surface area contributed by atoms with E-state index in [0.717, 1.165) is 57.4 Å². The highest BCUT2D eigenvalue weighted by Crippen LogP contribution is 2.21. The molecule has 2 aliphatic rings. The summed E-state index contributed by atoms with van der Waals surface area (Å²) >= 11 is 0. The molecule has 1 aromatic heterocycles. The molecular weight excluding hydrogens is 342 g/mol. The van der Waals surface area contributed by atoms with Crippen LogP contribution in [0.2, 0.25) is 0 Å². The molecule has 1 amide bonds. The number of carbonyl (C=O) groups excluding carboxylic acids is 1. The molecule has 2 saturated heterocycles. The maximum atomic E-state index is 12.3. The molecule has 0 spiro atoms. The fourth-order valence-electron chi connectivity index (χ4n) is 3.91. The predicted molar refractivity (Wildman–Crippen MR) is 102 cm³/mol. The molecule has 144 valence electrons. The van der Waals surface area contributed by atoms with Crippen LogP contribution in [0.4, 0.5) is 5.69 Å². The third kappa shape index (κ3) is 4.63. The molecule has 2 N–H and O–H groups in total. The van der Waals surface area contributed by atoms with Gasteiger partial charge < -0.3 is 15.1 Å². The number of hydrogen-bond acceptors (Lipinski definition) is 6. The van der Waals surface area contributed by atoms with Crippen LogP contribution < -0.4 is 10.2 Å². The number of nitrogens with zero attached hydrogens (tertiary/aromatic N) is 5. The van der Waals surface area contributed by atoms with Gasteiger partial charge >= 0.3 is 0 Å². The molecular formula is C19H27N7O. The van der Waals surface area contributed by atoms with Crippen molar-refractivity contribution in [3.63, 3.8) is 0 Å². The number of benzene rings is 1. The number of nitrogens with one attached hydrogen (secondary N) is 2. The largest absolute Gasteiger partial charge is 0.371 e. The molecule has 2 fully saturated rings. The van der Waals surface area contributed by atoms with Crippen LogP contribution in [0.25, 0.3) is 0 Å². The Morgan fingerprint density at radius 1 is 1.11 bits per heavy atom.